The second-order valence-corrected chi connectivity index (χ2v) is 9.85. The molecule has 0 aliphatic carbocycles. The predicted molar refractivity (Wildman–Crippen MR) is 166 cm³/mol. The van der Waals surface area contributed by atoms with E-state index in [0.717, 1.165) is 16.3 Å². The molecular weight excluding hydrogens is 566 g/mol. The summed E-state index contributed by atoms with van der Waals surface area (Å²) < 4.78 is 11.9. The zero-order valence-corrected chi connectivity index (χ0v) is 23.5. The maximum Gasteiger partial charge on any atom is 0.269 e. The normalized spacial score (nSPS) is 11.0. The van der Waals surface area contributed by atoms with E-state index in [4.69, 9.17) is 21.1 Å². The third-order valence-electron chi connectivity index (χ3n) is 6.56. The fraction of sp³-hybridized carbons (Fsp3) is 0.0588. The van der Waals surface area contributed by atoms with Gasteiger partial charge in [0.2, 0.25) is 0 Å². The molecule has 8 nitrogen and oxygen atoms in total. The van der Waals surface area contributed by atoms with Gasteiger partial charge in [-0.15, -0.1) is 0 Å². The minimum absolute atomic E-state index is 0.0386. The molecule has 0 heterocycles. The van der Waals surface area contributed by atoms with Gasteiger partial charge in [0, 0.05) is 34.0 Å². The summed E-state index contributed by atoms with van der Waals surface area (Å²) in [6.07, 6.45) is 1.49. The molecular formula is C34H24ClN3O5. The van der Waals surface area contributed by atoms with E-state index in [-0.39, 0.29) is 17.9 Å². The Labute approximate surface area is 252 Å². The Morgan fingerprint density at radius 2 is 1.67 bits per heavy atom. The average molecular weight is 590 g/mol. The van der Waals surface area contributed by atoms with E-state index in [2.05, 4.69) is 5.32 Å². The highest BCUT2D eigenvalue weighted by molar-refractivity contribution is 6.31. The standard InChI is InChI=1S/C34H24ClN3O5/c35-32-11-4-2-8-25(32)22-42-29-15-13-27(14-16-29)37-34(39)26(20-36)19-31-30-10-3-1-7-24(30)12-17-33(31)43-21-23-6-5-9-28(18-23)38(40)41/h1-19H,21-22H2,(H,37,39)/b26-19+. The van der Waals surface area contributed by atoms with Crippen LogP contribution in [0.5, 0.6) is 11.5 Å². The lowest BCUT2D eigenvalue weighted by Crippen LogP contribution is -2.13. The average Bonchev–Trinajstić information content (AvgIpc) is 3.03. The maximum atomic E-state index is 13.2. The number of rotatable bonds is 10. The van der Waals surface area contributed by atoms with Crippen LogP contribution >= 0.6 is 11.6 Å². The highest BCUT2D eigenvalue weighted by Gasteiger charge is 2.15. The summed E-state index contributed by atoms with van der Waals surface area (Å²) in [6.45, 7) is 0.350. The van der Waals surface area contributed by atoms with E-state index in [1.165, 1.54) is 18.2 Å². The number of hydrogen-bond acceptors (Lipinski definition) is 6. The van der Waals surface area contributed by atoms with Crippen molar-refractivity contribution < 1.29 is 19.2 Å². The Bertz CT molecular complexity index is 1880. The van der Waals surface area contributed by atoms with Gasteiger partial charge in [0.1, 0.15) is 36.4 Å². The number of nitrogens with one attached hydrogen (secondary N) is 1. The summed E-state index contributed by atoms with van der Waals surface area (Å²) in [6, 6.07) is 33.5. The second kappa shape index (κ2) is 13.3. The fourth-order valence-corrected chi connectivity index (χ4v) is 4.56. The van der Waals surface area contributed by atoms with Crippen molar-refractivity contribution >= 4 is 45.7 Å². The Hall–Kier alpha value is -5.65. The number of anilines is 1. The van der Waals surface area contributed by atoms with Gasteiger partial charge < -0.3 is 14.8 Å². The van der Waals surface area contributed by atoms with Crippen LogP contribution in [0.25, 0.3) is 16.8 Å². The predicted octanol–water partition coefficient (Wildman–Crippen LogP) is 8.11. The van der Waals surface area contributed by atoms with Gasteiger partial charge in [-0.05, 0) is 58.8 Å². The minimum atomic E-state index is -0.593. The number of nitrogens with zero attached hydrogens (tertiary/aromatic N) is 2. The van der Waals surface area contributed by atoms with Crippen molar-refractivity contribution in [2.45, 2.75) is 13.2 Å². The first kappa shape index (κ1) is 28.9. The summed E-state index contributed by atoms with van der Waals surface area (Å²) in [5, 5.41) is 26.1. The van der Waals surface area contributed by atoms with Crippen LogP contribution < -0.4 is 14.8 Å². The smallest absolute Gasteiger partial charge is 0.269 e. The highest BCUT2D eigenvalue weighted by atomic mass is 35.5. The molecule has 0 aromatic heterocycles. The van der Waals surface area contributed by atoms with Crippen LogP contribution in [-0.2, 0) is 18.0 Å². The van der Waals surface area contributed by atoms with E-state index in [0.29, 0.717) is 39.9 Å². The number of non-ortho nitro benzene ring substituents is 1. The van der Waals surface area contributed by atoms with Crippen LogP contribution in [0.4, 0.5) is 11.4 Å². The van der Waals surface area contributed by atoms with Crippen molar-refractivity contribution in [3.63, 3.8) is 0 Å². The zero-order valence-electron chi connectivity index (χ0n) is 22.7. The number of ether oxygens (including phenoxy) is 2. The number of nitro groups is 1. The number of nitro benzene ring substituents is 1. The molecule has 0 aliphatic heterocycles. The molecule has 0 unspecified atom stereocenters. The van der Waals surface area contributed by atoms with Gasteiger partial charge in [0.05, 0.1) is 4.92 Å². The fourth-order valence-electron chi connectivity index (χ4n) is 4.37. The van der Waals surface area contributed by atoms with E-state index >= 15 is 0 Å². The highest BCUT2D eigenvalue weighted by Crippen LogP contribution is 2.31. The van der Waals surface area contributed by atoms with Crippen LogP contribution in [0.15, 0.2) is 115 Å². The van der Waals surface area contributed by atoms with E-state index in [1.54, 1.807) is 48.5 Å². The molecule has 43 heavy (non-hydrogen) atoms. The third kappa shape index (κ3) is 7.17. The second-order valence-electron chi connectivity index (χ2n) is 9.44. The quantitative estimate of drug-likeness (QED) is 0.0761. The number of carbonyl (C=O) groups excluding carboxylic acids is 1. The molecule has 0 atom stereocenters. The number of nitriles is 1. The number of carbonyl (C=O) groups is 1. The lowest BCUT2D eigenvalue weighted by Gasteiger charge is -2.13. The summed E-state index contributed by atoms with van der Waals surface area (Å²) >= 11 is 6.19. The van der Waals surface area contributed by atoms with Crippen molar-refractivity contribution in [3.05, 3.63) is 147 Å². The van der Waals surface area contributed by atoms with E-state index < -0.39 is 10.8 Å². The molecule has 0 spiro atoms. The SMILES string of the molecule is N#C/C(=C\c1c(OCc2cccc([N+](=O)[O-])c2)ccc2ccccc12)C(=O)Nc1ccc(OCc2ccccc2Cl)cc1. The molecule has 0 saturated heterocycles. The number of amides is 1. The molecule has 0 bridgehead atoms. The number of fused-ring (bicyclic) bond motifs is 1. The van der Waals surface area contributed by atoms with Gasteiger partial charge in [-0.25, -0.2) is 0 Å². The first-order valence-electron chi connectivity index (χ1n) is 13.2. The first-order valence-corrected chi connectivity index (χ1v) is 13.6. The van der Waals surface area contributed by atoms with Gasteiger partial charge in [0.15, 0.2) is 0 Å². The van der Waals surface area contributed by atoms with Gasteiger partial charge in [-0.2, -0.15) is 5.26 Å². The molecule has 0 radical (unpaired) electrons. The molecule has 5 rings (SSSR count). The van der Waals surface area contributed by atoms with Gasteiger partial charge in [-0.1, -0.05) is 72.3 Å². The minimum Gasteiger partial charge on any atom is -0.489 e. The molecule has 0 aliphatic rings. The molecule has 5 aromatic rings. The van der Waals surface area contributed by atoms with Crippen molar-refractivity contribution in [1.29, 1.82) is 5.26 Å². The van der Waals surface area contributed by atoms with Crippen LogP contribution in [-0.4, -0.2) is 10.8 Å². The number of halogens is 1. The summed E-state index contributed by atoms with van der Waals surface area (Å²) in [5.74, 6) is 0.422. The van der Waals surface area contributed by atoms with Gasteiger partial charge in [0.25, 0.3) is 11.6 Å². The number of hydrogen-bond donors (Lipinski definition) is 1. The molecule has 1 N–H and O–H groups in total. The molecule has 212 valence electrons. The van der Waals surface area contributed by atoms with E-state index in [1.807, 2.05) is 54.6 Å². The lowest BCUT2D eigenvalue weighted by molar-refractivity contribution is -0.384. The summed E-state index contributed by atoms with van der Waals surface area (Å²) in [7, 11) is 0. The third-order valence-corrected chi connectivity index (χ3v) is 6.93. The Morgan fingerprint density at radius 1 is 0.907 bits per heavy atom. The first-order chi connectivity index (χ1) is 20.9. The van der Waals surface area contributed by atoms with Gasteiger partial charge >= 0.3 is 0 Å². The van der Waals surface area contributed by atoms with E-state index in [9.17, 15) is 20.2 Å². The van der Waals surface area contributed by atoms with Gasteiger partial charge in [-0.3, -0.25) is 14.9 Å². The summed E-state index contributed by atoms with van der Waals surface area (Å²) in [4.78, 5) is 23.9. The molecule has 0 fully saturated rings. The summed E-state index contributed by atoms with van der Waals surface area (Å²) in [5.41, 5.74) is 2.32. The molecule has 0 saturated carbocycles. The topological polar surface area (TPSA) is 114 Å². The lowest BCUT2D eigenvalue weighted by atomic mass is 10.0. The van der Waals surface area contributed by atoms with Crippen LogP contribution in [0, 0.1) is 21.4 Å². The molecule has 9 heteroatoms. The van der Waals surface area contributed by atoms with Crippen molar-refractivity contribution in [1.82, 2.24) is 0 Å². The maximum absolute atomic E-state index is 13.2. The van der Waals surface area contributed by atoms with Crippen LogP contribution in [0.3, 0.4) is 0 Å². The van der Waals surface area contributed by atoms with Crippen molar-refractivity contribution in [2.75, 3.05) is 5.32 Å². The number of benzene rings is 5. The molecule has 5 aromatic carbocycles. The van der Waals surface area contributed by atoms with Crippen LogP contribution in [0.1, 0.15) is 16.7 Å². The Balaban J connectivity index is 1.35. The van der Waals surface area contributed by atoms with Crippen molar-refractivity contribution in [3.8, 4) is 17.6 Å². The van der Waals surface area contributed by atoms with Crippen molar-refractivity contribution in [2.24, 2.45) is 0 Å². The largest absolute Gasteiger partial charge is 0.489 e. The monoisotopic (exact) mass is 589 g/mol. The Kier molecular flexibility index (Phi) is 8.96. The van der Waals surface area contributed by atoms with Crippen LogP contribution in [0.2, 0.25) is 5.02 Å². The zero-order chi connectivity index (χ0) is 30.2. The molecule has 1 amide bonds. The Morgan fingerprint density at radius 3 is 2.44 bits per heavy atom.